The van der Waals surface area contributed by atoms with Crippen molar-refractivity contribution < 1.29 is 36.3 Å². The monoisotopic (exact) mass is 395 g/mol. The minimum absolute atomic E-state index is 0.0698. The van der Waals surface area contributed by atoms with Crippen LogP contribution in [0.1, 0.15) is 5.56 Å². The summed E-state index contributed by atoms with van der Waals surface area (Å²) in [5.74, 6) is -2.00. The third kappa shape index (κ3) is 3.97. The number of sulfonamides is 1. The summed E-state index contributed by atoms with van der Waals surface area (Å²) in [5.41, 5.74) is 4.20. The van der Waals surface area contributed by atoms with Crippen LogP contribution in [-0.4, -0.2) is 66.8 Å². The number of carbonyl (C=O) groups excluding carboxylic acids is 1. The van der Waals surface area contributed by atoms with Crippen LogP contribution in [0.5, 0.6) is 0 Å². The number of halogens is 3. The lowest BCUT2D eigenvalue weighted by Crippen LogP contribution is -2.59. The van der Waals surface area contributed by atoms with E-state index in [1.807, 2.05) is 0 Å². The third-order valence-electron chi connectivity index (χ3n) is 3.93. The topological polar surface area (TPSA) is 121 Å². The minimum atomic E-state index is -4.62. The predicted molar refractivity (Wildman–Crippen MR) is 82.4 cm³/mol. The molecule has 1 heterocycles. The van der Waals surface area contributed by atoms with Gasteiger partial charge in [-0.2, -0.15) is 17.5 Å². The average molecular weight is 395 g/mol. The molecular weight excluding hydrogens is 379 g/mol. The number of benzene rings is 1. The second-order valence-electron chi connectivity index (χ2n) is 5.54. The van der Waals surface area contributed by atoms with Crippen molar-refractivity contribution in [1.82, 2.24) is 9.21 Å². The number of nitrogens with zero attached hydrogens (tertiary/aromatic N) is 2. The predicted octanol–water partition coefficient (Wildman–Crippen LogP) is -0.0498. The molecular formula is C14H16F3N3O5S. The Balaban J connectivity index is 2.32. The van der Waals surface area contributed by atoms with Gasteiger partial charge in [0.2, 0.25) is 15.9 Å². The van der Waals surface area contributed by atoms with Crippen molar-refractivity contribution in [3.63, 3.8) is 0 Å². The second-order valence-corrected chi connectivity index (χ2v) is 7.43. The van der Waals surface area contributed by atoms with Crippen molar-refractivity contribution in [2.24, 2.45) is 5.73 Å². The Morgan fingerprint density at radius 1 is 1.19 bits per heavy atom. The highest BCUT2D eigenvalue weighted by Crippen LogP contribution is 2.30. The van der Waals surface area contributed by atoms with E-state index < -0.39 is 51.1 Å². The van der Waals surface area contributed by atoms with E-state index >= 15 is 0 Å². The molecule has 1 fully saturated rings. The molecule has 1 amide bonds. The summed E-state index contributed by atoms with van der Waals surface area (Å²) < 4.78 is 63.8. The maximum absolute atomic E-state index is 12.7. The molecule has 0 aromatic heterocycles. The molecule has 1 aliphatic rings. The lowest BCUT2D eigenvalue weighted by molar-refractivity contribution is -0.145. The molecule has 144 valence electrons. The van der Waals surface area contributed by atoms with Gasteiger partial charge >= 0.3 is 12.1 Å². The summed E-state index contributed by atoms with van der Waals surface area (Å²) in [5, 5.41) is 9.32. The summed E-state index contributed by atoms with van der Waals surface area (Å²) in [6.45, 7) is -1.13. The van der Waals surface area contributed by atoms with Crippen LogP contribution in [0.2, 0.25) is 0 Å². The summed E-state index contributed by atoms with van der Waals surface area (Å²) in [6, 6.07) is 1.20. The first-order chi connectivity index (χ1) is 12.0. The molecule has 0 bridgehead atoms. The first kappa shape index (κ1) is 20.1. The maximum atomic E-state index is 12.7. The molecule has 8 nitrogen and oxygen atoms in total. The lowest BCUT2D eigenvalue weighted by atomic mass is 10.2. The van der Waals surface area contributed by atoms with E-state index in [0.29, 0.717) is 16.4 Å². The Kier molecular flexibility index (Phi) is 5.58. The summed E-state index contributed by atoms with van der Waals surface area (Å²) in [6.07, 6.45) is -4.62. The van der Waals surface area contributed by atoms with Crippen LogP contribution in [0.15, 0.2) is 29.2 Å². The molecule has 1 aliphatic heterocycles. The number of hydrogen-bond acceptors (Lipinski definition) is 5. The first-order valence-corrected chi connectivity index (χ1v) is 8.82. The van der Waals surface area contributed by atoms with Crippen molar-refractivity contribution in [2.75, 3.05) is 26.2 Å². The van der Waals surface area contributed by atoms with Gasteiger partial charge in [-0.25, -0.2) is 8.42 Å². The van der Waals surface area contributed by atoms with E-state index in [0.717, 1.165) is 17.0 Å². The molecule has 1 aromatic carbocycles. The number of carbonyl (C=O) groups is 2. The second kappa shape index (κ2) is 7.21. The third-order valence-corrected chi connectivity index (χ3v) is 5.85. The number of hydrogen-bond donors (Lipinski definition) is 2. The first-order valence-electron chi connectivity index (χ1n) is 7.38. The van der Waals surface area contributed by atoms with E-state index in [-0.39, 0.29) is 19.6 Å². The quantitative estimate of drug-likeness (QED) is 0.737. The number of nitrogens with two attached hydrogens (primary N) is 1. The summed E-state index contributed by atoms with van der Waals surface area (Å²) >= 11 is 0. The van der Waals surface area contributed by atoms with Gasteiger partial charge in [0, 0.05) is 19.6 Å². The van der Waals surface area contributed by atoms with Gasteiger partial charge in [0.1, 0.15) is 6.04 Å². The van der Waals surface area contributed by atoms with E-state index in [2.05, 4.69) is 0 Å². The van der Waals surface area contributed by atoms with Gasteiger partial charge in [0.05, 0.1) is 17.0 Å². The lowest BCUT2D eigenvalue weighted by Gasteiger charge is -2.38. The van der Waals surface area contributed by atoms with Gasteiger partial charge < -0.3 is 15.7 Å². The van der Waals surface area contributed by atoms with Crippen LogP contribution in [0.4, 0.5) is 13.2 Å². The molecule has 3 N–H and O–H groups in total. The molecule has 0 spiro atoms. The average Bonchev–Trinajstić information content (AvgIpc) is 2.59. The molecule has 12 heteroatoms. The highest BCUT2D eigenvalue weighted by Gasteiger charge is 2.41. The van der Waals surface area contributed by atoms with Crippen molar-refractivity contribution >= 4 is 21.9 Å². The maximum Gasteiger partial charge on any atom is 0.416 e. The van der Waals surface area contributed by atoms with Crippen LogP contribution < -0.4 is 5.73 Å². The van der Waals surface area contributed by atoms with Gasteiger partial charge in [-0.3, -0.25) is 9.59 Å². The molecule has 1 atom stereocenters. The fraction of sp³-hybridized carbons (Fsp3) is 0.429. The number of carboxylic acid groups (broad SMARTS) is 1. The van der Waals surface area contributed by atoms with Gasteiger partial charge in [-0.05, 0) is 24.3 Å². The minimum Gasteiger partial charge on any atom is -0.480 e. The standard InChI is InChI=1S/C14H16F3N3O5S/c15-14(16,17)9-1-3-10(4-2-9)26(24,25)20-6-5-19(12(21)7-18)8-11(20)13(22)23/h1-4,11H,5-8,18H2,(H,22,23)/t11-/m1/s1. The van der Waals surface area contributed by atoms with Crippen LogP contribution in [-0.2, 0) is 25.8 Å². The zero-order chi connectivity index (χ0) is 19.7. The number of amides is 1. The van der Waals surface area contributed by atoms with Crippen LogP contribution in [0, 0.1) is 0 Å². The zero-order valence-corrected chi connectivity index (χ0v) is 14.1. The molecule has 0 unspecified atom stereocenters. The van der Waals surface area contributed by atoms with E-state index in [4.69, 9.17) is 5.73 Å². The van der Waals surface area contributed by atoms with Gasteiger partial charge in [-0.1, -0.05) is 0 Å². The molecule has 26 heavy (non-hydrogen) atoms. The van der Waals surface area contributed by atoms with Crippen molar-refractivity contribution in [1.29, 1.82) is 0 Å². The molecule has 2 rings (SSSR count). The van der Waals surface area contributed by atoms with Gasteiger partial charge in [-0.15, -0.1) is 0 Å². The fourth-order valence-corrected chi connectivity index (χ4v) is 4.13. The number of rotatable bonds is 4. The summed E-state index contributed by atoms with van der Waals surface area (Å²) in [4.78, 5) is 23.8. The Morgan fingerprint density at radius 2 is 1.77 bits per heavy atom. The van der Waals surface area contributed by atoms with E-state index in [9.17, 15) is 36.3 Å². The highest BCUT2D eigenvalue weighted by atomic mass is 32.2. The van der Waals surface area contributed by atoms with Crippen molar-refractivity contribution in [3.8, 4) is 0 Å². The molecule has 1 saturated heterocycles. The smallest absolute Gasteiger partial charge is 0.416 e. The van der Waals surface area contributed by atoms with Crippen LogP contribution >= 0.6 is 0 Å². The van der Waals surface area contributed by atoms with Gasteiger partial charge in [0.15, 0.2) is 0 Å². The number of piperazine rings is 1. The molecule has 0 radical (unpaired) electrons. The molecule has 0 aliphatic carbocycles. The van der Waals surface area contributed by atoms with Crippen molar-refractivity contribution in [3.05, 3.63) is 29.8 Å². The van der Waals surface area contributed by atoms with Gasteiger partial charge in [0.25, 0.3) is 0 Å². The number of aliphatic carboxylic acids is 1. The number of carboxylic acids is 1. The Bertz CT molecular complexity index is 795. The normalized spacial score (nSPS) is 19.4. The van der Waals surface area contributed by atoms with Crippen molar-refractivity contribution in [2.45, 2.75) is 17.1 Å². The number of alkyl halides is 3. The summed E-state index contributed by atoms with van der Waals surface area (Å²) in [7, 11) is -4.36. The Labute approximate surface area is 147 Å². The Hall–Kier alpha value is -2.18. The molecule has 1 aromatic rings. The van der Waals surface area contributed by atoms with E-state index in [1.54, 1.807) is 0 Å². The van der Waals surface area contributed by atoms with Crippen LogP contribution in [0.3, 0.4) is 0 Å². The van der Waals surface area contributed by atoms with E-state index in [1.165, 1.54) is 0 Å². The highest BCUT2D eigenvalue weighted by molar-refractivity contribution is 7.89. The Morgan fingerprint density at radius 3 is 2.23 bits per heavy atom. The van der Waals surface area contributed by atoms with Crippen LogP contribution in [0.25, 0.3) is 0 Å². The zero-order valence-electron chi connectivity index (χ0n) is 13.3. The largest absolute Gasteiger partial charge is 0.480 e. The molecule has 0 saturated carbocycles. The fourth-order valence-electron chi connectivity index (χ4n) is 2.56. The SMILES string of the molecule is NCC(=O)N1CCN(S(=O)(=O)c2ccc(C(F)(F)F)cc2)[C@@H](C(=O)O)C1.